The Morgan fingerprint density at radius 2 is 2.64 bits per heavy atom. The van der Waals surface area contributed by atoms with E-state index >= 15 is 0 Å². The van der Waals surface area contributed by atoms with Crippen LogP contribution >= 0.6 is 0 Å². The van der Waals surface area contributed by atoms with Crippen molar-refractivity contribution < 1.29 is 9.26 Å². The van der Waals surface area contributed by atoms with E-state index in [0.717, 1.165) is 0 Å². The van der Waals surface area contributed by atoms with Crippen LogP contribution in [0.4, 0.5) is 0 Å². The molecule has 0 bridgehead atoms. The van der Waals surface area contributed by atoms with Crippen molar-refractivity contribution in [3.05, 3.63) is 36.9 Å². The fourth-order valence-corrected chi connectivity index (χ4v) is 0.706. The summed E-state index contributed by atoms with van der Waals surface area (Å²) in [6, 6.07) is 1.72. The second-order valence-electron chi connectivity index (χ2n) is 1.82. The summed E-state index contributed by atoms with van der Waals surface area (Å²) in [6.07, 6.45) is 4.63. The molecule has 0 radical (unpaired) electrons. The van der Waals surface area contributed by atoms with Crippen molar-refractivity contribution in [1.82, 2.24) is 5.16 Å². The highest BCUT2D eigenvalue weighted by Crippen LogP contribution is 2.12. The predicted octanol–water partition coefficient (Wildman–Crippen LogP) is 2.20. The quantitative estimate of drug-likeness (QED) is 0.621. The van der Waals surface area contributed by atoms with E-state index in [0.29, 0.717) is 11.5 Å². The van der Waals surface area contributed by atoms with Gasteiger partial charge in [-0.15, -0.1) is 0 Å². The number of hydrogen-bond acceptors (Lipinski definition) is 3. The molecule has 0 atom stereocenters. The molecule has 0 spiro atoms. The minimum absolute atomic E-state index is 0.647. The van der Waals surface area contributed by atoms with Crippen molar-refractivity contribution >= 4 is 5.76 Å². The van der Waals surface area contributed by atoms with Crippen LogP contribution < -0.4 is 0 Å². The fourth-order valence-electron chi connectivity index (χ4n) is 0.706. The summed E-state index contributed by atoms with van der Waals surface area (Å²) in [5.41, 5.74) is 0.674. The van der Waals surface area contributed by atoms with Crippen LogP contribution in [-0.2, 0) is 4.74 Å². The van der Waals surface area contributed by atoms with Crippen molar-refractivity contribution in [1.29, 1.82) is 0 Å². The molecule has 0 amide bonds. The van der Waals surface area contributed by atoms with Gasteiger partial charge in [0.25, 0.3) is 0 Å². The van der Waals surface area contributed by atoms with Gasteiger partial charge < -0.3 is 9.26 Å². The molecular weight excluding hydrogens is 142 g/mol. The van der Waals surface area contributed by atoms with Gasteiger partial charge >= 0.3 is 0 Å². The highest BCUT2D eigenvalue weighted by Gasteiger charge is 2.02. The second kappa shape index (κ2) is 3.61. The fraction of sp³-hybridized carbons (Fsp3) is 0.125. The number of rotatable bonds is 3. The SMILES string of the molecule is C=CO/C(=C\C)c1ccon1. The third-order valence-corrected chi connectivity index (χ3v) is 1.16. The molecule has 0 saturated carbocycles. The zero-order chi connectivity index (χ0) is 8.10. The molecule has 0 aromatic carbocycles. The Labute approximate surface area is 65.0 Å². The van der Waals surface area contributed by atoms with Crippen molar-refractivity contribution in [3.8, 4) is 0 Å². The number of allylic oxidation sites excluding steroid dienone is 1. The molecule has 0 aliphatic heterocycles. The topological polar surface area (TPSA) is 35.3 Å². The predicted molar refractivity (Wildman–Crippen MR) is 41.4 cm³/mol. The van der Waals surface area contributed by atoms with Gasteiger partial charge in [0.15, 0.2) is 5.76 Å². The largest absolute Gasteiger partial charge is 0.464 e. The average molecular weight is 151 g/mol. The standard InChI is InChI=1S/C8H9NO2/c1-3-8(10-4-2)7-5-6-11-9-7/h3-6H,2H2,1H3/b8-3-. The van der Waals surface area contributed by atoms with E-state index in [9.17, 15) is 0 Å². The molecule has 0 saturated heterocycles. The molecule has 1 heterocycles. The summed E-state index contributed by atoms with van der Waals surface area (Å²) in [4.78, 5) is 0. The Hall–Kier alpha value is -1.51. The lowest BCUT2D eigenvalue weighted by Crippen LogP contribution is -1.84. The second-order valence-corrected chi connectivity index (χ2v) is 1.82. The van der Waals surface area contributed by atoms with E-state index in [1.165, 1.54) is 12.5 Å². The summed E-state index contributed by atoms with van der Waals surface area (Å²) < 4.78 is 9.68. The number of ether oxygens (including phenoxy) is 1. The first-order chi connectivity index (χ1) is 5.38. The molecule has 0 aliphatic carbocycles. The molecule has 1 aromatic heterocycles. The Bertz CT molecular complexity index is 249. The summed E-state index contributed by atoms with van der Waals surface area (Å²) in [7, 11) is 0. The van der Waals surface area contributed by atoms with E-state index in [2.05, 4.69) is 16.3 Å². The number of aromatic nitrogens is 1. The van der Waals surface area contributed by atoms with Gasteiger partial charge in [-0.3, -0.25) is 0 Å². The molecule has 1 rings (SSSR count). The van der Waals surface area contributed by atoms with Gasteiger partial charge in [-0.1, -0.05) is 11.7 Å². The van der Waals surface area contributed by atoms with Gasteiger partial charge in [-0.25, -0.2) is 0 Å². The highest BCUT2D eigenvalue weighted by atomic mass is 16.5. The van der Waals surface area contributed by atoms with E-state index in [-0.39, 0.29) is 0 Å². The van der Waals surface area contributed by atoms with E-state index in [1.54, 1.807) is 12.1 Å². The van der Waals surface area contributed by atoms with Crippen molar-refractivity contribution in [3.63, 3.8) is 0 Å². The molecule has 0 aliphatic rings. The molecular formula is C8H9NO2. The van der Waals surface area contributed by atoms with Gasteiger partial charge in [-0.05, 0) is 13.0 Å². The van der Waals surface area contributed by atoms with Crippen LogP contribution in [0.15, 0.2) is 35.8 Å². The van der Waals surface area contributed by atoms with Crippen LogP contribution in [-0.4, -0.2) is 5.16 Å². The zero-order valence-electron chi connectivity index (χ0n) is 6.28. The molecule has 0 unspecified atom stereocenters. The van der Waals surface area contributed by atoms with Crippen molar-refractivity contribution in [2.45, 2.75) is 6.92 Å². The molecule has 3 heteroatoms. The van der Waals surface area contributed by atoms with Gasteiger partial charge in [0.1, 0.15) is 12.0 Å². The summed E-state index contributed by atoms with van der Waals surface area (Å²) in [5, 5.41) is 3.69. The lowest BCUT2D eigenvalue weighted by Gasteiger charge is -1.98. The lowest BCUT2D eigenvalue weighted by molar-refractivity contribution is 0.398. The summed E-state index contributed by atoms with van der Waals surface area (Å²) in [5.74, 6) is 0.647. The molecule has 0 N–H and O–H groups in total. The van der Waals surface area contributed by atoms with Crippen LogP contribution in [0.25, 0.3) is 5.76 Å². The normalized spacial score (nSPS) is 11.2. The van der Waals surface area contributed by atoms with Gasteiger partial charge in [0.2, 0.25) is 0 Å². The van der Waals surface area contributed by atoms with Gasteiger partial charge in [-0.2, -0.15) is 0 Å². The first-order valence-electron chi connectivity index (χ1n) is 3.23. The van der Waals surface area contributed by atoms with Crippen LogP contribution in [0.5, 0.6) is 0 Å². The van der Waals surface area contributed by atoms with Crippen molar-refractivity contribution in [2.24, 2.45) is 0 Å². The minimum atomic E-state index is 0.647. The number of hydrogen-bond donors (Lipinski definition) is 0. The van der Waals surface area contributed by atoms with Crippen LogP contribution in [0.3, 0.4) is 0 Å². The van der Waals surface area contributed by atoms with Gasteiger partial charge in [0, 0.05) is 6.07 Å². The zero-order valence-corrected chi connectivity index (χ0v) is 6.28. The number of nitrogens with zero attached hydrogens (tertiary/aromatic N) is 1. The van der Waals surface area contributed by atoms with E-state index in [1.807, 2.05) is 6.92 Å². The third kappa shape index (κ3) is 1.70. The monoisotopic (exact) mass is 151 g/mol. The molecule has 11 heavy (non-hydrogen) atoms. The summed E-state index contributed by atoms with van der Waals surface area (Å²) in [6.45, 7) is 5.29. The van der Waals surface area contributed by atoms with Gasteiger partial charge in [0.05, 0.1) is 6.26 Å². The van der Waals surface area contributed by atoms with E-state index in [4.69, 9.17) is 4.74 Å². The maximum Gasteiger partial charge on any atom is 0.151 e. The van der Waals surface area contributed by atoms with E-state index < -0.39 is 0 Å². The third-order valence-electron chi connectivity index (χ3n) is 1.16. The maximum absolute atomic E-state index is 5.04. The van der Waals surface area contributed by atoms with Crippen molar-refractivity contribution in [2.75, 3.05) is 0 Å². The van der Waals surface area contributed by atoms with Crippen LogP contribution in [0, 0.1) is 0 Å². The lowest BCUT2D eigenvalue weighted by atomic mass is 10.3. The highest BCUT2D eigenvalue weighted by molar-refractivity contribution is 5.55. The van der Waals surface area contributed by atoms with Crippen LogP contribution in [0.1, 0.15) is 12.6 Å². The Morgan fingerprint density at radius 3 is 3.09 bits per heavy atom. The van der Waals surface area contributed by atoms with Crippen LogP contribution in [0.2, 0.25) is 0 Å². The maximum atomic E-state index is 5.04. The molecule has 0 fully saturated rings. The minimum Gasteiger partial charge on any atom is -0.464 e. The Balaban J connectivity index is 2.80. The first-order valence-corrected chi connectivity index (χ1v) is 3.23. The first kappa shape index (κ1) is 7.60. The Morgan fingerprint density at radius 1 is 1.82 bits per heavy atom. The molecule has 58 valence electrons. The summed E-state index contributed by atoms with van der Waals surface area (Å²) >= 11 is 0. The molecule has 3 nitrogen and oxygen atoms in total. The average Bonchev–Trinajstić information content (AvgIpc) is 2.52. The smallest absolute Gasteiger partial charge is 0.151 e. The molecule has 1 aromatic rings. The Kier molecular flexibility index (Phi) is 2.49.